The molecule has 0 aromatic heterocycles. The number of carbonyl (C=O) groups is 1. The molecule has 1 N–H and O–H groups in total. The lowest BCUT2D eigenvalue weighted by atomic mass is 10.2. The van der Waals surface area contributed by atoms with Gasteiger partial charge < -0.3 is 14.7 Å². The number of aliphatic hydroxyl groups excluding tert-OH is 1. The van der Waals surface area contributed by atoms with Crippen molar-refractivity contribution >= 4 is 17.5 Å². The highest BCUT2D eigenvalue weighted by Crippen LogP contribution is 2.25. The van der Waals surface area contributed by atoms with Gasteiger partial charge in [0.25, 0.3) is 5.91 Å². The van der Waals surface area contributed by atoms with Gasteiger partial charge in [0.05, 0.1) is 11.1 Å². The van der Waals surface area contributed by atoms with Crippen molar-refractivity contribution in [3.63, 3.8) is 0 Å². The minimum atomic E-state index is -0.554. The first-order valence-corrected chi connectivity index (χ1v) is 6.09. The number of hydrogen-bond acceptors (Lipinski definition) is 3. The molecule has 1 aromatic rings. The predicted octanol–water partition coefficient (Wildman–Crippen LogP) is 1.87. The Kier molecular flexibility index (Phi) is 5.44. The van der Waals surface area contributed by atoms with E-state index < -0.39 is 6.10 Å². The topological polar surface area (TPSA) is 49.8 Å². The summed E-state index contributed by atoms with van der Waals surface area (Å²) in [7, 11) is 1.62. The largest absolute Gasteiger partial charge is 0.482 e. The molecule has 0 bridgehead atoms. The Labute approximate surface area is 112 Å². The summed E-state index contributed by atoms with van der Waals surface area (Å²) in [5, 5.41) is 9.66. The number of halogens is 1. The van der Waals surface area contributed by atoms with Gasteiger partial charge in [0.15, 0.2) is 6.61 Å². The normalized spacial score (nSPS) is 12.1. The molecule has 1 unspecified atom stereocenters. The third kappa shape index (κ3) is 4.55. The highest BCUT2D eigenvalue weighted by Gasteiger charge is 2.12. The van der Waals surface area contributed by atoms with Gasteiger partial charge in [-0.3, -0.25) is 4.79 Å². The fraction of sp³-hybridized carbons (Fsp3) is 0.462. The van der Waals surface area contributed by atoms with Crippen LogP contribution < -0.4 is 4.74 Å². The van der Waals surface area contributed by atoms with Crippen molar-refractivity contribution in [1.82, 2.24) is 4.90 Å². The Hall–Kier alpha value is -1.26. The van der Waals surface area contributed by atoms with Gasteiger partial charge in [0.2, 0.25) is 0 Å². The Bertz CT molecular complexity index is 421. The molecule has 1 amide bonds. The van der Waals surface area contributed by atoms with E-state index in [1.807, 2.05) is 13.0 Å². The first-order chi connectivity index (χ1) is 8.40. The van der Waals surface area contributed by atoms with E-state index in [4.69, 9.17) is 16.3 Å². The molecule has 4 nitrogen and oxygen atoms in total. The van der Waals surface area contributed by atoms with Gasteiger partial charge >= 0.3 is 0 Å². The van der Waals surface area contributed by atoms with Crippen LogP contribution in [-0.4, -0.2) is 42.2 Å². The van der Waals surface area contributed by atoms with Gasteiger partial charge in [-0.2, -0.15) is 0 Å². The number of amides is 1. The lowest BCUT2D eigenvalue weighted by Gasteiger charge is -2.19. The number of aliphatic hydroxyl groups is 1. The summed E-state index contributed by atoms with van der Waals surface area (Å²) in [4.78, 5) is 13.1. The molecule has 0 aliphatic heterocycles. The summed E-state index contributed by atoms with van der Waals surface area (Å²) in [5.74, 6) is 0.295. The Balaban J connectivity index is 2.54. The number of ether oxygens (including phenoxy) is 1. The molecule has 0 aliphatic rings. The number of rotatable bonds is 5. The second-order valence-corrected chi connectivity index (χ2v) is 4.75. The van der Waals surface area contributed by atoms with Crippen molar-refractivity contribution in [3.05, 3.63) is 28.8 Å². The van der Waals surface area contributed by atoms with E-state index in [0.717, 1.165) is 5.56 Å². The van der Waals surface area contributed by atoms with Gasteiger partial charge in [-0.15, -0.1) is 0 Å². The van der Waals surface area contributed by atoms with Crippen molar-refractivity contribution in [2.75, 3.05) is 20.2 Å². The molecule has 0 heterocycles. The number of carbonyl (C=O) groups excluding carboxylic acids is 1. The zero-order chi connectivity index (χ0) is 13.7. The molecule has 1 aromatic carbocycles. The van der Waals surface area contributed by atoms with E-state index in [1.165, 1.54) is 4.90 Å². The van der Waals surface area contributed by atoms with Crippen LogP contribution in [-0.2, 0) is 4.79 Å². The first kappa shape index (κ1) is 14.8. The molecule has 0 radical (unpaired) electrons. The number of aryl methyl sites for hydroxylation is 1. The van der Waals surface area contributed by atoms with Crippen LogP contribution in [0.1, 0.15) is 12.5 Å². The molecule has 5 heteroatoms. The second kappa shape index (κ2) is 6.61. The summed E-state index contributed by atoms with van der Waals surface area (Å²) in [6, 6.07) is 5.39. The van der Waals surface area contributed by atoms with Gasteiger partial charge in [-0.25, -0.2) is 0 Å². The van der Waals surface area contributed by atoms with E-state index in [9.17, 15) is 9.90 Å². The summed E-state index contributed by atoms with van der Waals surface area (Å²) in [6.07, 6.45) is -0.554. The first-order valence-electron chi connectivity index (χ1n) is 5.71. The van der Waals surface area contributed by atoms with Gasteiger partial charge in [-0.1, -0.05) is 17.7 Å². The molecular formula is C13H18ClNO3. The van der Waals surface area contributed by atoms with Gasteiger partial charge in [-0.05, 0) is 31.5 Å². The number of likely N-dealkylation sites (N-methyl/N-ethyl adjacent to an activating group) is 1. The average Bonchev–Trinajstić information content (AvgIpc) is 2.29. The zero-order valence-electron chi connectivity index (χ0n) is 10.8. The van der Waals surface area contributed by atoms with E-state index in [2.05, 4.69) is 0 Å². The maximum atomic E-state index is 11.7. The standard InChI is InChI=1S/C13H18ClNO3/c1-9-4-5-11(14)12(6-9)18-8-13(17)15(3)7-10(2)16/h4-6,10,16H,7-8H2,1-3H3. The van der Waals surface area contributed by atoms with Crippen LogP contribution in [0.15, 0.2) is 18.2 Å². The number of benzene rings is 1. The highest BCUT2D eigenvalue weighted by molar-refractivity contribution is 6.32. The van der Waals surface area contributed by atoms with Crippen LogP contribution >= 0.6 is 11.6 Å². The van der Waals surface area contributed by atoms with E-state index >= 15 is 0 Å². The maximum Gasteiger partial charge on any atom is 0.260 e. The molecule has 0 fully saturated rings. The van der Waals surface area contributed by atoms with Crippen molar-refractivity contribution in [3.8, 4) is 5.75 Å². The summed E-state index contributed by atoms with van der Waals surface area (Å²) < 4.78 is 5.38. The zero-order valence-corrected chi connectivity index (χ0v) is 11.6. The Morgan fingerprint density at radius 3 is 2.83 bits per heavy atom. The smallest absolute Gasteiger partial charge is 0.260 e. The lowest BCUT2D eigenvalue weighted by molar-refractivity contribution is -0.133. The molecule has 0 saturated carbocycles. The van der Waals surface area contributed by atoms with Crippen LogP contribution in [0.2, 0.25) is 5.02 Å². The van der Waals surface area contributed by atoms with Crippen LogP contribution in [0.3, 0.4) is 0 Å². The SMILES string of the molecule is Cc1ccc(Cl)c(OCC(=O)N(C)CC(C)O)c1. The lowest BCUT2D eigenvalue weighted by Crippen LogP contribution is -2.36. The average molecular weight is 272 g/mol. The molecule has 0 spiro atoms. The fourth-order valence-electron chi connectivity index (χ4n) is 1.47. The van der Waals surface area contributed by atoms with E-state index in [-0.39, 0.29) is 19.1 Å². The summed E-state index contributed by atoms with van der Waals surface area (Å²) in [5.41, 5.74) is 1.01. The molecule has 18 heavy (non-hydrogen) atoms. The minimum Gasteiger partial charge on any atom is -0.482 e. The molecular weight excluding hydrogens is 254 g/mol. The van der Waals surface area contributed by atoms with Gasteiger partial charge in [0, 0.05) is 13.6 Å². The molecule has 100 valence electrons. The Morgan fingerprint density at radius 2 is 2.22 bits per heavy atom. The molecule has 0 aliphatic carbocycles. The van der Waals surface area contributed by atoms with Crippen LogP contribution in [0.25, 0.3) is 0 Å². The number of hydrogen-bond donors (Lipinski definition) is 1. The third-order valence-corrected chi connectivity index (χ3v) is 2.71. The second-order valence-electron chi connectivity index (χ2n) is 4.35. The highest BCUT2D eigenvalue weighted by atomic mass is 35.5. The molecule has 1 atom stereocenters. The summed E-state index contributed by atoms with van der Waals surface area (Å²) >= 11 is 5.95. The van der Waals surface area contributed by atoms with Crippen molar-refractivity contribution in [2.45, 2.75) is 20.0 Å². The van der Waals surface area contributed by atoms with Crippen LogP contribution in [0.5, 0.6) is 5.75 Å². The van der Waals surface area contributed by atoms with Crippen LogP contribution in [0.4, 0.5) is 0 Å². The fourth-order valence-corrected chi connectivity index (χ4v) is 1.64. The summed E-state index contributed by atoms with van der Waals surface area (Å²) in [6.45, 7) is 3.74. The van der Waals surface area contributed by atoms with Crippen molar-refractivity contribution in [1.29, 1.82) is 0 Å². The quantitative estimate of drug-likeness (QED) is 0.889. The van der Waals surface area contributed by atoms with Gasteiger partial charge in [0.1, 0.15) is 5.75 Å². The minimum absolute atomic E-state index is 0.0909. The monoisotopic (exact) mass is 271 g/mol. The van der Waals surface area contributed by atoms with Crippen LogP contribution in [0, 0.1) is 6.92 Å². The van der Waals surface area contributed by atoms with Crippen molar-refractivity contribution < 1.29 is 14.6 Å². The Morgan fingerprint density at radius 1 is 1.56 bits per heavy atom. The van der Waals surface area contributed by atoms with Crippen molar-refractivity contribution in [2.24, 2.45) is 0 Å². The third-order valence-electron chi connectivity index (χ3n) is 2.40. The van der Waals surface area contributed by atoms with E-state index in [1.54, 1.807) is 26.1 Å². The molecule has 0 saturated heterocycles. The molecule has 1 rings (SSSR count). The predicted molar refractivity (Wildman–Crippen MR) is 71.0 cm³/mol. The van der Waals surface area contributed by atoms with E-state index in [0.29, 0.717) is 10.8 Å². The number of nitrogens with zero attached hydrogens (tertiary/aromatic N) is 1. The maximum absolute atomic E-state index is 11.7.